The first-order chi connectivity index (χ1) is 12.9. The number of amides is 1. The Morgan fingerprint density at radius 2 is 2.11 bits per heavy atom. The molecule has 0 unspecified atom stereocenters. The van der Waals surface area contributed by atoms with E-state index in [1.165, 1.54) is 5.56 Å². The standard InChI is InChI=1S/C19H23N5O3/c1-12-5-7-16(13(2)9-12)26-11-15-6-8-17(27-15)19(25)24(4)10-14(3)18-20-22-23-21-18/h5-9,14H,10-11H2,1-4H3,(H,20,21,22,23)/t14-/m0/s1. The molecule has 0 aliphatic rings. The van der Waals surface area contributed by atoms with Gasteiger partial charge in [-0.2, -0.15) is 5.21 Å². The van der Waals surface area contributed by atoms with Crippen molar-refractivity contribution in [3.63, 3.8) is 0 Å². The minimum Gasteiger partial charge on any atom is -0.485 e. The van der Waals surface area contributed by atoms with E-state index < -0.39 is 0 Å². The summed E-state index contributed by atoms with van der Waals surface area (Å²) in [5.74, 6) is 1.99. The lowest BCUT2D eigenvalue weighted by atomic mass is 10.1. The molecule has 3 rings (SSSR count). The second-order valence-electron chi connectivity index (χ2n) is 6.68. The SMILES string of the molecule is Cc1ccc(OCc2ccc(C(=O)N(C)C[C@H](C)c3nn[nH]n3)o2)c(C)c1. The highest BCUT2D eigenvalue weighted by molar-refractivity contribution is 5.91. The number of ether oxygens (including phenoxy) is 1. The molecule has 0 spiro atoms. The zero-order valence-corrected chi connectivity index (χ0v) is 15.9. The van der Waals surface area contributed by atoms with Crippen molar-refractivity contribution >= 4 is 5.91 Å². The molecule has 0 saturated heterocycles. The molecule has 0 bridgehead atoms. The van der Waals surface area contributed by atoms with Gasteiger partial charge in [-0.1, -0.05) is 29.8 Å². The van der Waals surface area contributed by atoms with Crippen molar-refractivity contribution in [2.24, 2.45) is 0 Å². The number of H-pyrrole nitrogens is 1. The average Bonchev–Trinajstić information content (AvgIpc) is 3.32. The van der Waals surface area contributed by atoms with Gasteiger partial charge >= 0.3 is 0 Å². The van der Waals surface area contributed by atoms with Gasteiger partial charge in [-0.25, -0.2) is 0 Å². The molecule has 0 aliphatic carbocycles. The molecule has 1 N–H and O–H groups in total. The number of tetrazole rings is 1. The van der Waals surface area contributed by atoms with Crippen LogP contribution in [0, 0.1) is 13.8 Å². The van der Waals surface area contributed by atoms with Crippen molar-refractivity contribution in [2.75, 3.05) is 13.6 Å². The number of carbonyl (C=O) groups excluding carboxylic acids is 1. The van der Waals surface area contributed by atoms with Gasteiger partial charge in [-0.3, -0.25) is 4.79 Å². The smallest absolute Gasteiger partial charge is 0.289 e. The van der Waals surface area contributed by atoms with E-state index in [4.69, 9.17) is 9.15 Å². The van der Waals surface area contributed by atoms with Crippen molar-refractivity contribution in [3.05, 3.63) is 58.8 Å². The molecule has 142 valence electrons. The van der Waals surface area contributed by atoms with Crippen LogP contribution in [0.4, 0.5) is 0 Å². The molecule has 1 atom stereocenters. The topological polar surface area (TPSA) is 97.1 Å². The predicted octanol–water partition coefficient (Wildman–Crippen LogP) is 2.86. The first-order valence-corrected chi connectivity index (χ1v) is 8.71. The van der Waals surface area contributed by atoms with E-state index in [0.717, 1.165) is 11.3 Å². The number of nitrogens with one attached hydrogen (secondary N) is 1. The van der Waals surface area contributed by atoms with Gasteiger partial charge in [0.05, 0.1) is 0 Å². The Hall–Kier alpha value is -3.16. The van der Waals surface area contributed by atoms with Gasteiger partial charge in [0, 0.05) is 19.5 Å². The summed E-state index contributed by atoms with van der Waals surface area (Å²) < 4.78 is 11.5. The molecule has 2 aromatic heterocycles. The number of nitrogens with zero attached hydrogens (tertiary/aromatic N) is 4. The third-order valence-corrected chi connectivity index (χ3v) is 4.27. The molecule has 0 aliphatic heterocycles. The Kier molecular flexibility index (Phi) is 5.54. The van der Waals surface area contributed by atoms with Gasteiger partial charge in [0.2, 0.25) is 0 Å². The molecule has 8 heteroatoms. The fourth-order valence-corrected chi connectivity index (χ4v) is 2.82. The van der Waals surface area contributed by atoms with Crippen LogP contribution in [-0.2, 0) is 6.61 Å². The maximum atomic E-state index is 12.6. The highest BCUT2D eigenvalue weighted by Gasteiger charge is 2.20. The molecule has 27 heavy (non-hydrogen) atoms. The molecule has 1 aromatic carbocycles. The van der Waals surface area contributed by atoms with Crippen molar-refractivity contribution in [1.82, 2.24) is 25.5 Å². The number of aromatic nitrogens is 4. The molecule has 3 aromatic rings. The van der Waals surface area contributed by atoms with Crippen LogP contribution >= 0.6 is 0 Å². The molecule has 0 radical (unpaired) electrons. The van der Waals surface area contributed by atoms with E-state index in [9.17, 15) is 4.79 Å². The summed E-state index contributed by atoms with van der Waals surface area (Å²) in [6, 6.07) is 9.42. The number of rotatable bonds is 7. The van der Waals surface area contributed by atoms with Gasteiger partial charge in [0.25, 0.3) is 5.91 Å². The van der Waals surface area contributed by atoms with Gasteiger partial charge in [-0.15, -0.1) is 10.2 Å². The number of aryl methyl sites for hydroxylation is 2. The quantitative estimate of drug-likeness (QED) is 0.688. The third kappa shape index (κ3) is 4.52. The van der Waals surface area contributed by atoms with E-state index in [1.807, 2.05) is 32.9 Å². The Labute approximate surface area is 157 Å². The first-order valence-electron chi connectivity index (χ1n) is 8.71. The van der Waals surface area contributed by atoms with Crippen LogP contribution in [0.2, 0.25) is 0 Å². The first kappa shape index (κ1) is 18.6. The van der Waals surface area contributed by atoms with Crippen molar-refractivity contribution < 1.29 is 13.9 Å². The second kappa shape index (κ2) is 8.03. The van der Waals surface area contributed by atoms with Gasteiger partial charge in [0.1, 0.15) is 18.1 Å². The van der Waals surface area contributed by atoms with Crippen LogP contribution in [0.25, 0.3) is 0 Å². The molecule has 1 amide bonds. The van der Waals surface area contributed by atoms with E-state index in [-0.39, 0.29) is 24.2 Å². The number of furan rings is 1. The molecule has 2 heterocycles. The minimum atomic E-state index is -0.205. The van der Waals surface area contributed by atoms with E-state index in [1.54, 1.807) is 24.1 Å². The van der Waals surface area contributed by atoms with Crippen LogP contribution in [0.3, 0.4) is 0 Å². The Morgan fingerprint density at radius 1 is 1.30 bits per heavy atom. The van der Waals surface area contributed by atoms with Crippen LogP contribution in [-0.4, -0.2) is 45.0 Å². The number of hydrogen-bond acceptors (Lipinski definition) is 6. The summed E-state index contributed by atoms with van der Waals surface area (Å²) in [6.45, 7) is 6.68. The summed E-state index contributed by atoms with van der Waals surface area (Å²) in [6.07, 6.45) is 0. The van der Waals surface area contributed by atoms with E-state index in [2.05, 4.69) is 26.7 Å². The highest BCUT2D eigenvalue weighted by atomic mass is 16.5. The summed E-state index contributed by atoms with van der Waals surface area (Å²) in [5, 5.41) is 13.8. The lowest BCUT2D eigenvalue weighted by Gasteiger charge is -2.18. The summed E-state index contributed by atoms with van der Waals surface area (Å²) >= 11 is 0. The number of aromatic amines is 1. The maximum absolute atomic E-state index is 12.6. The normalized spacial score (nSPS) is 12.0. The number of benzene rings is 1. The largest absolute Gasteiger partial charge is 0.485 e. The molecular formula is C19H23N5O3. The van der Waals surface area contributed by atoms with Crippen LogP contribution in [0.5, 0.6) is 5.75 Å². The highest BCUT2D eigenvalue weighted by Crippen LogP contribution is 2.21. The summed E-state index contributed by atoms with van der Waals surface area (Å²) in [4.78, 5) is 14.1. The number of carbonyl (C=O) groups is 1. The Morgan fingerprint density at radius 3 is 2.81 bits per heavy atom. The molecule has 0 fully saturated rings. The lowest BCUT2D eigenvalue weighted by molar-refractivity contribution is 0.0751. The second-order valence-corrected chi connectivity index (χ2v) is 6.68. The molecule has 0 saturated carbocycles. The number of hydrogen-bond donors (Lipinski definition) is 1. The molecule has 8 nitrogen and oxygen atoms in total. The van der Waals surface area contributed by atoms with Crippen molar-refractivity contribution in [3.8, 4) is 5.75 Å². The Bertz CT molecular complexity index is 904. The van der Waals surface area contributed by atoms with Crippen molar-refractivity contribution in [2.45, 2.75) is 33.3 Å². The average molecular weight is 369 g/mol. The zero-order chi connectivity index (χ0) is 19.4. The monoisotopic (exact) mass is 369 g/mol. The predicted molar refractivity (Wildman–Crippen MR) is 98.5 cm³/mol. The fraction of sp³-hybridized carbons (Fsp3) is 0.368. The van der Waals surface area contributed by atoms with E-state index in [0.29, 0.717) is 18.1 Å². The van der Waals surface area contributed by atoms with Crippen LogP contribution in [0.15, 0.2) is 34.7 Å². The number of likely N-dealkylation sites (N-methyl/N-ethyl adjacent to an activating group) is 1. The summed E-state index contributed by atoms with van der Waals surface area (Å²) in [7, 11) is 1.72. The Balaban J connectivity index is 1.58. The van der Waals surface area contributed by atoms with Gasteiger partial charge in [0.15, 0.2) is 11.6 Å². The van der Waals surface area contributed by atoms with Crippen molar-refractivity contribution in [1.29, 1.82) is 0 Å². The fourth-order valence-electron chi connectivity index (χ4n) is 2.82. The maximum Gasteiger partial charge on any atom is 0.289 e. The third-order valence-electron chi connectivity index (χ3n) is 4.27. The zero-order valence-electron chi connectivity index (χ0n) is 15.9. The molecular weight excluding hydrogens is 346 g/mol. The minimum absolute atomic E-state index is 0.0417. The van der Waals surface area contributed by atoms with Gasteiger partial charge < -0.3 is 14.1 Å². The van der Waals surface area contributed by atoms with Crippen LogP contribution < -0.4 is 4.74 Å². The lowest BCUT2D eigenvalue weighted by Crippen LogP contribution is -2.30. The van der Waals surface area contributed by atoms with Gasteiger partial charge in [-0.05, 0) is 37.6 Å². The van der Waals surface area contributed by atoms with Crippen LogP contribution in [0.1, 0.15) is 46.1 Å². The van der Waals surface area contributed by atoms with E-state index >= 15 is 0 Å². The summed E-state index contributed by atoms with van der Waals surface area (Å²) in [5.41, 5.74) is 2.25.